The van der Waals surface area contributed by atoms with Gasteiger partial charge in [0.05, 0.1) is 0 Å². The summed E-state index contributed by atoms with van der Waals surface area (Å²) in [5.41, 5.74) is 9.31. The van der Waals surface area contributed by atoms with Crippen LogP contribution in [-0.4, -0.2) is 17.0 Å². The van der Waals surface area contributed by atoms with E-state index in [-0.39, 0.29) is 11.9 Å². The number of allylic oxidation sites excluding steroid dienone is 2. The largest absolute Gasteiger partial charge is 0.368 e. The van der Waals surface area contributed by atoms with Gasteiger partial charge in [-0.1, -0.05) is 12.2 Å². The van der Waals surface area contributed by atoms with Gasteiger partial charge in [-0.25, -0.2) is 5.43 Å². The number of rotatable bonds is 1. The van der Waals surface area contributed by atoms with Gasteiger partial charge in [0.2, 0.25) is 5.91 Å². The lowest BCUT2D eigenvalue weighted by Crippen LogP contribution is -2.40. The molecule has 1 fully saturated rings. The Morgan fingerprint density at radius 3 is 3.25 bits per heavy atom. The number of nitrogens with zero attached hydrogens (tertiary/aromatic N) is 1. The Labute approximate surface area is 70.7 Å². The molecule has 0 saturated carbocycles. The molecule has 2 aliphatic rings. The summed E-state index contributed by atoms with van der Waals surface area (Å²) >= 11 is 0. The highest BCUT2D eigenvalue weighted by molar-refractivity contribution is 5.80. The number of amides is 1. The molecule has 0 aliphatic carbocycles. The number of nitrogens with one attached hydrogen (secondary N) is 1. The van der Waals surface area contributed by atoms with Gasteiger partial charge in [-0.15, -0.1) is 0 Å². The van der Waals surface area contributed by atoms with E-state index in [4.69, 9.17) is 5.73 Å². The molecule has 2 heterocycles. The van der Waals surface area contributed by atoms with Crippen LogP contribution in [0.2, 0.25) is 0 Å². The number of fused-ring (bicyclic) bond motifs is 1. The van der Waals surface area contributed by atoms with Gasteiger partial charge in [0.25, 0.3) is 0 Å². The summed E-state index contributed by atoms with van der Waals surface area (Å²) in [4.78, 5) is 10.8. The molecule has 0 aromatic heterocycles. The summed E-state index contributed by atoms with van der Waals surface area (Å²) in [6, 6.07) is -0.237. The molecule has 2 aliphatic heterocycles. The number of hydrogen-bond acceptors (Lipinski definition) is 3. The van der Waals surface area contributed by atoms with Crippen molar-refractivity contribution in [1.29, 1.82) is 0 Å². The summed E-state index contributed by atoms with van der Waals surface area (Å²) in [6.07, 6.45) is 7.70. The first-order valence-corrected chi connectivity index (χ1v) is 3.98. The monoisotopic (exact) mass is 165 g/mol. The SMILES string of the molecule is NC(=O)C1CC2=CCC=CN2N1. The van der Waals surface area contributed by atoms with Crippen molar-refractivity contribution in [2.75, 3.05) is 0 Å². The van der Waals surface area contributed by atoms with E-state index in [1.54, 1.807) is 0 Å². The van der Waals surface area contributed by atoms with Crippen molar-refractivity contribution in [2.24, 2.45) is 5.73 Å². The van der Waals surface area contributed by atoms with Crippen LogP contribution >= 0.6 is 0 Å². The quantitative estimate of drug-likeness (QED) is 0.568. The maximum absolute atomic E-state index is 10.8. The molecule has 64 valence electrons. The Hall–Kier alpha value is -1.29. The fourth-order valence-electron chi connectivity index (χ4n) is 1.46. The van der Waals surface area contributed by atoms with Crippen LogP contribution in [0, 0.1) is 0 Å². The minimum Gasteiger partial charge on any atom is -0.368 e. The lowest BCUT2D eigenvalue weighted by Gasteiger charge is -2.17. The lowest BCUT2D eigenvalue weighted by atomic mass is 10.1. The number of carbonyl (C=O) groups is 1. The van der Waals surface area contributed by atoms with E-state index in [0.29, 0.717) is 6.42 Å². The van der Waals surface area contributed by atoms with Crippen molar-refractivity contribution < 1.29 is 4.79 Å². The van der Waals surface area contributed by atoms with Gasteiger partial charge < -0.3 is 5.73 Å². The van der Waals surface area contributed by atoms with Crippen LogP contribution in [0.1, 0.15) is 12.8 Å². The second-order valence-electron chi connectivity index (χ2n) is 2.97. The molecule has 1 amide bonds. The number of hydrazine groups is 1. The van der Waals surface area contributed by atoms with Crippen LogP contribution in [0.15, 0.2) is 24.0 Å². The zero-order chi connectivity index (χ0) is 8.55. The first-order valence-electron chi connectivity index (χ1n) is 3.98. The van der Waals surface area contributed by atoms with E-state index >= 15 is 0 Å². The van der Waals surface area contributed by atoms with E-state index < -0.39 is 0 Å². The van der Waals surface area contributed by atoms with Crippen molar-refractivity contribution in [2.45, 2.75) is 18.9 Å². The molecular formula is C8H11N3O. The highest BCUT2D eigenvalue weighted by Gasteiger charge is 2.28. The Morgan fingerprint density at radius 1 is 1.75 bits per heavy atom. The maximum Gasteiger partial charge on any atom is 0.236 e. The van der Waals surface area contributed by atoms with E-state index in [9.17, 15) is 4.79 Å². The summed E-state index contributed by atoms with van der Waals surface area (Å²) in [7, 11) is 0. The van der Waals surface area contributed by atoms with Crippen molar-refractivity contribution >= 4 is 5.91 Å². The normalized spacial score (nSPS) is 26.8. The molecule has 4 nitrogen and oxygen atoms in total. The molecule has 0 aromatic rings. The van der Waals surface area contributed by atoms with Crippen molar-refractivity contribution in [3.8, 4) is 0 Å². The van der Waals surface area contributed by atoms with Crippen LogP contribution in [0.25, 0.3) is 0 Å². The van der Waals surface area contributed by atoms with E-state index in [0.717, 1.165) is 12.1 Å². The molecule has 1 atom stereocenters. The highest BCUT2D eigenvalue weighted by Crippen LogP contribution is 2.22. The molecule has 0 spiro atoms. The van der Waals surface area contributed by atoms with E-state index in [1.165, 1.54) is 0 Å². The van der Waals surface area contributed by atoms with Crippen molar-refractivity contribution in [1.82, 2.24) is 10.4 Å². The van der Waals surface area contributed by atoms with Gasteiger partial charge in [-0.2, -0.15) is 0 Å². The smallest absolute Gasteiger partial charge is 0.236 e. The molecule has 2 rings (SSSR count). The van der Waals surface area contributed by atoms with Gasteiger partial charge in [-0.3, -0.25) is 9.80 Å². The first kappa shape index (κ1) is 7.36. The van der Waals surface area contributed by atoms with Crippen molar-refractivity contribution in [3.63, 3.8) is 0 Å². The van der Waals surface area contributed by atoms with Crippen molar-refractivity contribution in [3.05, 3.63) is 24.0 Å². The topological polar surface area (TPSA) is 58.4 Å². The maximum atomic E-state index is 10.8. The van der Waals surface area contributed by atoms with Crippen LogP contribution in [0.5, 0.6) is 0 Å². The van der Waals surface area contributed by atoms with E-state index in [2.05, 4.69) is 11.5 Å². The minimum absolute atomic E-state index is 0.237. The second kappa shape index (κ2) is 2.64. The van der Waals surface area contributed by atoms with Gasteiger partial charge in [0.15, 0.2) is 0 Å². The first-order chi connectivity index (χ1) is 5.77. The molecule has 1 saturated heterocycles. The Morgan fingerprint density at radius 2 is 2.58 bits per heavy atom. The third-order valence-corrected chi connectivity index (χ3v) is 2.11. The predicted octanol–water partition coefficient (Wildman–Crippen LogP) is -0.148. The molecule has 0 aromatic carbocycles. The van der Waals surface area contributed by atoms with Gasteiger partial charge in [-0.05, 0) is 6.42 Å². The summed E-state index contributed by atoms with van der Waals surface area (Å²) < 4.78 is 0. The number of primary amides is 1. The number of nitrogens with two attached hydrogens (primary N) is 1. The summed E-state index contributed by atoms with van der Waals surface area (Å²) in [5, 5.41) is 1.86. The van der Waals surface area contributed by atoms with E-state index in [1.807, 2.05) is 17.3 Å². The zero-order valence-corrected chi connectivity index (χ0v) is 6.66. The molecule has 12 heavy (non-hydrogen) atoms. The molecule has 4 heteroatoms. The molecule has 0 radical (unpaired) electrons. The van der Waals surface area contributed by atoms with Crippen LogP contribution in [-0.2, 0) is 4.79 Å². The Balaban J connectivity index is 2.13. The summed E-state index contributed by atoms with van der Waals surface area (Å²) in [5.74, 6) is -0.293. The Bertz CT molecular complexity index is 269. The van der Waals surface area contributed by atoms with Crippen LogP contribution < -0.4 is 11.2 Å². The predicted molar refractivity (Wildman–Crippen MR) is 44.4 cm³/mol. The fourth-order valence-corrected chi connectivity index (χ4v) is 1.46. The van der Waals surface area contributed by atoms with Gasteiger partial charge >= 0.3 is 0 Å². The second-order valence-corrected chi connectivity index (χ2v) is 2.97. The standard InChI is InChI=1S/C8H11N3O/c9-8(12)7-5-6-3-1-2-4-11(6)10-7/h2-4,7,10H,1,5H2,(H2,9,12). The average Bonchev–Trinajstić information content (AvgIpc) is 2.46. The van der Waals surface area contributed by atoms with Crippen LogP contribution in [0.4, 0.5) is 0 Å². The molecule has 0 bridgehead atoms. The average molecular weight is 165 g/mol. The molecule has 3 N–H and O–H groups in total. The third kappa shape index (κ3) is 1.10. The van der Waals surface area contributed by atoms with Gasteiger partial charge in [0, 0.05) is 18.3 Å². The fraction of sp³-hybridized carbons (Fsp3) is 0.375. The third-order valence-electron chi connectivity index (χ3n) is 2.11. The van der Waals surface area contributed by atoms with Crippen LogP contribution in [0.3, 0.4) is 0 Å². The Kier molecular flexibility index (Phi) is 1.62. The number of hydrogen-bond donors (Lipinski definition) is 2. The lowest BCUT2D eigenvalue weighted by molar-refractivity contribution is -0.120. The molecule has 1 unspecified atom stereocenters. The minimum atomic E-state index is -0.293. The van der Waals surface area contributed by atoms with Gasteiger partial charge in [0.1, 0.15) is 6.04 Å². The zero-order valence-electron chi connectivity index (χ0n) is 6.66. The summed E-state index contributed by atoms with van der Waals surface area (Å²) in [6.45, 7) is 0. The molecular weight excluding hydrogens is 154 g/mol. The highest BCUT2D eigenvalue weighted by atomic mass is 16.1. The number of carbonyl (C=O) groups excluding carboxylic acids is 1.